The van der Waals surface area contributed by atoms with Gasteiger partial charge in [-0.15, -0.1) is 0 Å². The Morgan fingerprint density at radius 2 is 2.06 bits per heavy atom. The van der Waals surface area contributed by atoms with E-state index in [0.29, 0.717) is 24.6 Å². The summed E-state index contributed by atoms with van der Waals surface area (Å²) in [6, 6.07) is 0. The highest BCUT2D eigenvalue weighted by molar-refractivity contribution is 7.80. The van der Waals surface area contributed by atoms with Crippen molar-refractivity contribution in [3.8, 4) is 0 Å². The molecule has 1 aliphatic rings. The maximum Gasteiger partial charge on any atom is 0.220 e. The van der Waals surface area contributed by atoms with Crippen molar-refractivity contribution in [2.75, 3.05) is 13.2 Å². The second-order valence-corrected chi connectivity index (χ2v) is 5.30. The van der Waals surface area contributed by atoms with E-state index in [-0.39, 0.29) is 5.91 Å². The van der Waals surface area contributed by atoms with E-state index in [1.807, 2.05) is 6.92 Å². The average Bonchev–Trinajstić information content (AvgIpc) is 2.35. The summed E-state index contributed by atoms with van der Waals surface area (Å²) in [5.41, 5.74) is 5.38. The van der Waals surface area contributed by atoms with Crippen molar-refractivity contribution >= 4 is 23.1 Å². The number of nitrogens with two attached hydrogens (primary N) is 1. The van der Waals surface area contributed by atoms with Crippen molar-refractivity contribution in [2.24, 2.45) is 5.73 Å². The van der Waals surface area contributed by atoms with Gasteiger partial charge < -0.3 is 15.8 Å². The Morgan fingerprint density at radius 1 is 1.39 bits per heavy atom. The van der Waals surface area contributed by atoms with Gasteiger partial charge in [0.15, 0.2) is 0 Å². The Balaban J connectivity index is 2.41. The van der Waals surface area contributed by atoms with E-state index in [4.69, 9.17) is 22.7 Å². The molecule has 0 radical (unpaired) electrons. The lowest BCUT2D eigenvalue weighted by molar-refractivity contribution is -0.122. The highest BCUT2D eigenvalue weighted by Crippen LogP contribution is 2.28. The SMILES string of the molecule is CCOCCCC(=O)NC1(C(N)=S)CCCCC1. The number of hydrogen-bond donors (Lipinski definition) is 2. The Bertz CT molecular complexity index is 289. The summed E-state index contributed by atoms with van der Waals surface area (Å²) in [7, 11) is 0. The Kier molecular flexibility index (Phi) is 6.57. The summed E-state index contributed by atoms with van der Waals surface area (Å²) in [5.74, 6) is 0.0319. The normalized spacial score (nSPS) is 18.3. The summed E-state index contributed by atoms with van der Waals surface area (Å²) < 4.78 is 5.22. The van der Waals surface area contributed by atoms with Gasteiger partial charge in [-0.2, -0.15) is 0 Å². The molecule has 0 aromatic heterocycles. The molecule has 0 bridgehead atoms. The minimum Gasteiger partial charge on any atom is -0.391 e. The van der Waals surface area contributed by atoms with Crippen LogP contribution >= 0.6 is 12.2 Å². The van der Waals surface area contributed by atoms with E-state index < -0.39 is 5.54 Å². The minimum absolute atomic E-state index is 0.0319. The molecule has 0 aliphatic heterocycles. The highest BCUT2D eigenvalue weighted by Gasteiger charge is 2.36. The van der Waals surface area contributed by atoms with Crippen LogP contribution in [0.1, 0.15) is 51.9 Å². The molecule has 0 aromatic carbocycles. The summed E-state index contributed by atoms with van der Waals surface area (Å²) in [6.45, 7) is 3.27. The molecule has 0 aromatic rings. The fourth-order valence-electron chi connectivity index (χ4n) is 2.40. The lowest BCUT2D eigenvalue weighted by Gasteiger charge is -2.37. The number of carbonyl (C=O) groups is 1. The van der Waals surface area contributed by atoms with Crippen molar-refractivity contribution < 1.29 is 9.53 Å². The first-order valence-electron chi connectivity index (χ1n) is 6.79. The largest absolute Gasteiger partial charge is 0.391 e. The standard InChI is InChI=1S/C13H24N2O2S/c1-2-17-10-6-7-11(16)15-13(12(14)18)8-4-3-5-9-13/h2-10H2,1H3,(H2,14,18)(H,15,16). The van der Waals surface area contributed by atoms with Gasteiger partial charge in [-0.05, 0) is 26.2 Å². The van der Waals surface area contributed by atoms with Gasteiger partial charge in [0.25, 0.3) is 0 Å². The Morgan fingerprint density at radius 3 is 2.61 bits per heavy atom. The van der Waals surface area contributed by atoms with Crippen LogP contribution in [0.2, 0.25) is 0 Å². The van der Waals surface area contributed by atoms with Crippen molar-refractivity contribution in [1.29, 1.82) is 0 Å². The maximum atomic E-state index is 11.9. The second kappa shape index (κ2) is 7.69. The third-order valence-electron chi connectivity index (χ3n) is 3.45. The average molecular weight is 272 g/mol. The van der Waals surface area contributed by atoms with Crippen LogP contribution in [-0.4, -0.2) is 29.6 Å². The van der Waals surface area contributed by atoms with Crippen LogP contribution in [0.5, 0.6) is 0 Å². The van der Waals surface area contributed by atoms with Crippen LogP contribution in [-0.2, 0) is 9.53 Å². The quantitative estimate of drug-likeness (QED) is 0.549. The van der Waals surface area contributed by atoms with Gasteiger partial charge >= 0.3 is 0 Å². The van der Waals surface area contributed by atoms with Gasteiger partial charge in [0, 0.05) is 19.6 Å². The zero-order valence-corrected chi connectivity index (χ0v) is 12.0. The van der Waals surface area contributed by atoms with E-state index in [1.165, 1.54) is 6.42 Å². The van der Waals surface area contributed by atoms with Crippen molar-refractivity contribution in [1.82, 2.24) is 5.32 Å². The number of thiocarbonyl (C=S) groups is 1. The Hall–Kier alpha value is -0.680. The molecule has 18 heavy (non-hydrogen) atoms. The van der Waals surface area contributed by atoms with Crippen LogP contribution in [0.4, 0.5) is 0 Å². The van der Waals surface area contributed by atoms with Gasteiger partial charge in [-0.1, -0.05) is 31.5 Å². The van der Waals surface area contributed by atoms with Crippen LogP contribution in [0.3, 0.4) is 0 Å². The smallest absolute Gasteiger partial charge is 0.220 e. The van der Waals surface area contributed by atoms with Crippen LogP contribution in [0.25, 0.3) is 0 Å². The molecule has 0 unspecified atom stereocenters. The molecule has 1 fully saturated rings. The summed E-state index contributed by atoms with van der Waals surface area (Å²) in [6.07, 6.45) is 6.33. The lowest BCUT2D eigenvalue weighted by Crippen LogP contribution is -2.57. The molecule has 1 amide bonds. The summed E-state index contributed by atoms with van der Waals surface area (Å²) in [5, 5.41) is 3.05. The number of carbonyl (C=O) groups excluding carboxylic acids is 1. The molecule has 1 aliphatic carbocycles. The fraction of sp³-hybridized carbons (Fsp3) is 0.846. The van der Waals surface area contributed by atoms with Crippen molar-refractivity contribution in [3.05, 3.63) is 0 Å². The lowest BCUT2D eigenvalue weighted by atomic mass is 9.81. The molecule has 3 N–H and O–H groups in total. The van der Waals surface area contributed by atoms with Gasteiger partial charge in [0.05, 0.1) is 10.5 Å². The van der Waals surface area contributed by atoms with Gasteiger partial charge in [-0.25, -0.2) is 0 Å². The van der Waals surface area contributed by atoms with Crippen molar-refractivity contribution in [2.45, 2.75) is 57.4 Å². The van der Waals surface area contributed by atoms with E-state index in [1.54, 1.807) is 0 Å². The molecular formula is C13H24N2O2S. The molecular weight excluding hydrogens is 248 g/mol. The minimum atomic E-state index is -0.434. The van der Waals surface area contributed by atoms with E-state index in [0.717, 1.165) is 32.1 Å². The van der Waals surface area contributed by atoms with Gasteiger partial charge in [-0.3, -0.25) is 4.79 Å². The van der Waals surface area contributed by atoms with E-state index >= 15 is 0 Å². The summed E-state index contributed by atoms with van der Waals surface area (Å²) >= 11 is 5.14. The second-order valence-electron chi connectivity index (χ2n) is 4.86. The first kappa shape index (κ1) is 15.4. The molecule has 1 saturated carbocycles. The predicted octanol–water partition coefficient (Wildman–Crippen LogP) is 1.91. The number of nitrogens with one attached hydrogen (secondary N) is 1. The van der Waals surface area contributed by atoms with E-state index in [2.05, 4.69) is 5.32 Å². The molecule has 0 saturated heterocycles. The molecule has 0 heterocycles. The zero-order valence-electron chi connectivity index (χ0n) is 11.2. The highest BCUT2D eigenvalue weighted by atomic mass is 32.1. The third-order valence-corrected chi connectivity index (χ3v) is 3.84. The molecule has 4 nitrogen and oxygen atoms in total. The zero-order chi connectivity index (χ0) is 13.4. The number of amides is 1. The molecule has 0 spiro atoms. The van der Waals surface area contributed by atoms with E-state index in [9.17, 15) is 4.79 Å². The van der Waals surface area contributed by atoms with Crippen LogP contribution in [0, 0.1) is 0 Å². The molecule has 1 rings (SSSR count). The van der Waals surface area contributed by atoms with Gasteiger partial charge in [0.2, 0.25) is 5.91 Å². The summed E-state index contributed by atoms with van der Waals surface area (Å²) in [4.78, 5) is 12.3. The molecule has 104 valence electrons. The number of rotatable bonds is 7. The predicted molar refractivity (Wildman–Crippen MR) is 76.5 cm³/mol. The Labute approximate surface area is 115 Å². The van der Waals surface area contributed by atoms with Crippen LogP contribution < -0.4 is 11.1 Å². The number of hydrogen-bond acceptors (Lipinski definition) is 3. The first-order chi connectivity index (χ1) is 8.60. The molecule has 5 heteroatoms. The fourth-order valence-corrected chi connectivity index (χ4v) is 2.65. The first-order valence-corrected chi connectivity index (χ1v) is 7.20. The number of ether oxygens (including phenoxy) is 1. The van der Waals surface area contributed by atoms with Crippen LogP contribution in [0.15, 0.2) is 0 Å². The monoisotopic (exact) mass is 272 g/mol. The third kappa shape index (κ3) is 4.53. The van der Waals surface area contributed by atoms with Crippen molar-refractivity contribution in [3.63, 3.8) is 0 Å². The van der Waals surface area contributed by atoms with Gasteiger partial charge in [0.1, 0.15) is 0 Å². The molecule has 0 atom stereocenters. The maximum absolute atomic E-state index is 11.9. The topological polar surface area (TPSA) is 64.3 Å².